The van der Waals surface area contributed by atoms with Crippen molar-refractivity contribution < 1.29 is 9.59 Å². The quantitative estimate of drug-likeness (QED) is 0.708. The van der Waals surface area contributed by atoms with Gasteiger partial charge < -0.3 is 10.2 Å². The van der Waals surface area contributed by atoms with E-state index in [2.05, 4.69) is 11.2 Å². The normalized spacial score (nSPS) is 31.5. The lowest BCUT2D eigenvalue weighted by Crippen LogP contribution is -2.58. The first kappa shape index (κ1) is 12.0. The molecule has 17 heavy (non-hydrogen) atoms. The highest BCUT2D eigenvalue weighted by Gasteiger charge is 2.51. The molecule has 2 rings (SSSR count). The van der Waals surface area contributed by atoms with Gasteiger partial charge in [0.25, 0.3) is 0 Å². The van der Waals surface area contributed by atoms with Crippen LogP contribution in [0.3, 0.4) is 0 Å². The van der Waals surface area contributed by atoms with Crippen LogP contribution in [0.2, 0.25) is 0 Å². The molecule has 1 aliphatic heterocycles. The largest absolute Gasteiger partial charge is 0.342 e. The monoisotopic (exact) mass is 234 g/mol. The number of carbonyl (C=O) groups is 2. The first-order valence-corrected chi connectivity index (χ1v) is 6.07. The van der Waals surface area contributed by atoms with E-state index >= 15 is 0 Å². The fraction of sp³-hybridized carbons (Fsp3) is 0.692. The van der Waals surface area contributed by atoms with E-state index in [1.54, 1.807) is 4.90 Å². The molecule has 0 aromatic heterocycles. The Morgan fingerprint density at radius 2 is 2.18 bits per heavy atom. The van der Waals surface area contributed by atoms with Gasteiger partial charge in [-0.2, -0.15) is 0 Å². The minimum absolute atomic E-state index is 0.0312. The van der Waals surface area contributed by atoms with E-state index in [-0.39, 0.29) is 23.8 Å². The molecule has 2 unspecified atom stereocenters. The maximum atomic E-state index is 12.5. The van der Waals surface area contributed by atoms with Crippen LogP contribution in [0.15, 0.2) is 0 Å². The fourth-order valence-corrected chi connectivity index (χ4v) is 2.42. The average molecular weight is 234 g/mol. The van der Waals surface area contributed by atoms with Gasteiger partial charge in [0.05, 0.1) is 6.04 Å². The first-order chi connectivity index (χ1) is 7.99. The van der Waals surface area contributed by atoms with Gasteiger partial charge in [-0.1, -0.05) is 5.92 Å². The second-order valence-corrected chi connectivity index (χ2v) is 5.12. The van der Waals surface area contributed by atoms with Crippen LogP contribution in [0.1, 0.15) is 33.1 Å². The SMILES string of the molecule is C#CC(C)N1CCC(=O)NC(C)(C2CC2)C1=O. The summed E-state index contributed by atoms with van der Waals surface area (Å²) >= 11 is 0. The number of nitrogens with zero attached hydrogens (tertiary/aromatic N) is 1. The minimum Gasteiger partial charge on any atom is -0.342 e. The fourth-order valence-electron chi connectivity index (χ4n) is 2.42. The van der Waals surface area contributed by atoms with E-state index in [0.29, 0.717) is 13.0 Å². The van der Waals surface area contributed by atoms with Gasteiger partial charge in [-0.15, -0.1) is 6.42 Å². The Morgan fingerprint density at radius 1 is 1.53 bits per heavy atom. The van der Waals surface area contributed by atoms with Gasteiger partial charge in [0, 0.05) is 13.0 Å². The van der Waals surface area contributed by atoms with Crippen molar-refractivity contribution in [1.29, 1.82) is 0 Å². The zero-order valence-corrected chi connectivity index (χ0v) is 10.3. The molecule has 0 aromatic rings. The zero-order chi connectivity index (χ0) is 12.6. The molecule has 1 saturated carbocycles. The standard InChI is InChI=1S/C13H18N2O2/c1-4-9(2)15-8-7-11(16)14-13(3,12(15)17)10-5-6-10/h1,9-10H,5-8H2,2-3H3,(H,14,16). The molecule has 92 valence electrons. The van der Waals surface area contributed by atoms with Gasteiger partial charge in [0.15, 0.2) is 0 Å². The number of carbonyl (C=O) groups excluding carboxylic acids is 2. The first-order valence-electron chi connectivity index (χ1n) is 6.07. The minimum atomic E-state index is -0.751. The number of amides is 2. The van der Waals surface area contributed by atoms with Crippen molar-refractivity contribution in [1.82, 2.24) is 10.2 Å². The summed E-state index contributed by atoms with van der Waals surface area (Å²) in [6, 6.07) is -0.256. The highest BCUT2D eigenvalue weighted by Crippen LogP contribution is 2.41. The Hall–Kier alpha value is -1.50. The van der Waals surface area contributed by atoms with Crippen LogP contribution in [0, 0.1) is 18.3 Å². The van der Waals surface area contributed by atoms with Crippen LogP contribution in [0.25, 0.3) is 0 Å². The summed E-state index contributed by atoms with van der Waals surface area (Å²) in [6.45, 7) is 4.06. The molecule has 4 heteroatoms. The van der Waals surface area contributed by atoms with Gasteiger partial charge in [-0.25, -0.2) is 0 Å². The zero-order valence-electron chi connectivity index (χ0n) is 10.3. The summed E-state index contributed by atoms with van der Waals surface area (Å²) in [5, 5.41) is 2.88. The van der Waals surface area contributed by atoms with Crippen LogP contribution in [-0.4, -0.2) is 34.8 Å². The van der Waals surface area contributed by atoms with E-state index in [1.165, 1.54) is 0 Å². The summed E-state index contributed by atoms with van der Waals surface area (Å²) in [5.41, 5.74) is -0.751. The average Bonchev–Trinajstić information content (AvgIpc) is 3.11. The number of nitrogens with one attached hydrogen (secondary N) is 1. The molecule has 4 nitrogen and oxygen atoms in total. The second-order valence-electron chi connectivity index (χ2n) is 5.12. The van der Waals surface area contributed by atoms with E-state index in [0.717, 1.165) is 12.8 Å². The van der Waals surface area contributed by atoms with Crippen LogP contribution in [0.4, 0.5) is 0 Å². The highest BCUT2D eigenvalue weighted by atomic mass is 16.2. The molecule has 2 aliphatic rings. The third-order valence-corrected chi connectivity index (χ3v) is 3.79. The molecule has 1 N–H and O–H groups in total. The molecule has 2 amide bonds. The Bertz CT molecular complexity index is 395. The summed E-state index contributed by atoms with van der Waals surface area (Å²) in [6.07, 6.45) is 7.72. The van der Waals surface area contributed by atoms with E-state index in [4.69, 9.17) is 6.42 Å². The molecule has 2 atom stereocenters. The number of terminal acetylenes is 1. The Morgan fingerprint density at radius 3 is 2.71 bits per heavy atom. The number of rotatable bonds is 2. The molecular weight excluding hydrogens is 216 g/mol. The van der Waals surface area contributed by atoms with Gasteiger partial charge in [-0.05, 0) is 32.6 Å². The molecule has 0 bridgehead atoms. The maximum absolute atomic E-state index is 12.5. The molecule has 2 fully saturated rings. The van der Waals surface area contributed by atoms with Crippen LogP contribution in [-0.2, 0) is 9.59 Å². The predicted molar refractivity (Wildman–Crippen MR) is 63.9 cm³/mol. The van der Waals surface area contributed by atoms with Crippen molar-refractivity contribution in [3.8, 4) is 12.3 Å². The van der Waals surface area contributed by atoms with Crippen molar-refractivity contribution >= 4 is 11.8 Å². The Kier molecular flexibility index (Phi) is 2.86. The summed E-state index contributed by atoms with van der Waals surface area (Å²) in [4.78, 5) is 25.9. The summed E-state index contributed by atoms with van der Waals surface area (Å²) in [7, 11) is 0. The van der Waals surface area contributed by atoms with E-state index in [9.17, 15) is 9.59 Å². The second kappa shape index (κ2) is 4.06. The lowest BCUT2D eigenvalue weighted by Gasteiger charge is -2.33. The summed E-state index contributed by atoms with van der Waals surface area (Å²) < 4.78 is 0. The Balaban J connectivity index is 2.29. The van der Waals surface area contributed by atoms with Gasteiger partial charge in [-0.3, -0.25) is 9.59 Å². The lowest BCUT2D eigenvalue weighted by molar-refractivity contribution is -0.139. The van der Waals surface area contributed by atoms with Gasteiger partial charge in [0.2, 0.25) is 11.8 Å². The molecule has 1 heterocycles. The third-order valence-electron chi connectivity index (χ3n) is 3.79. The number of hydrogen-bond donors (Lipinski definition) is 1. The molecule has 0 spiro atoms. The molecular formula is C13H18N2O2. The molecule has 0 aromatic carbocycles. The van der Waals surface area contributed by atoms with Gasteiger partial charge in [0.1, 0.15) is 5.54 Å². The topological polar surface area (TPSA) is 49.4 Å². The highest BCUT2D eigenvalue weighted by molar-refractivity contribution is 5.94. The van der Waals surface area contributed by atoms with E-state index in [1.807, 2.05) is 13.8 Å². The molecule has 1 aliphatic carbocycles. The van der Waals surface area contributed by atoms with E-state index < -0.39 is 5.54 Å². The van der Waals surface area contributed by atoms with Crippen LogP contribution >= 0.6 is 0 Å². The lowest BCUT2D eigenvalue weighted by atomic mass is 9.93. The third kappa shape index (κ3) is 2.02. The van der Waals surface area contributed by atoms with Crippen molar-refractivity contribution in [3.63, 3.8) is 0 Å². The molecule has 0 radical (unpaired) electrons. The van der Waals surface area contributed by atoms with Crippen molar-refractivity contribution in [3.05, 3.63) is 0 Å². The number of hydrogen-bond acceptors (Lipinski definition) is 2. The van der Waals surface area contributed by atoms with Crippen LogP contribution < -0.4 is 5.32 Å². The Labute approximate surface area is 102 Å². The van der Waals surface area contributed by atoms with Gasteiger partial charge >= 0.3 is 0 Å². The van der Waals surface area contributed by atoms with Crippen molar-refractivity contribution in [2.75, 3.05) is 6.54 Å². The summed E-state index contributed by atoms with van der Waals surface area (Å²) in [5.74, 6) is 2.75. The van der Waals surface area contributed by atoms with Crippen LogP contribution in [0.5, 0.6) is 0 Å². The maximum Gasteiger partial charge on any atom is 0.249 e. The smallest absolute Gasteiger partial charge is 0.249 e. The molecule has 1 saturated heterocycles. The predicted octanol–water partition coefficient (Wildman–Crippen LogP) is 0.525. The van der Waals surface area contributed by atoms with Crippen molar-refractivity contribution in [2.24, 2.45) is 5.92 Å². The van der Waals surface area contributed by atoms with Crippen molar-refractivity contribution in [2.45, 2.75) is 44.7 Å².